The zero-order valence-corrected chi connectivity index (χ0v) is 21.8. The molecule has 0 aliphatic carbocycles. The summed E-state index contributed by atoms with van der Waals surface area (Å²) in [5, 5.41) is 16.1. The van der Waals surface area contributed by atoms with Gasteiger partial charge in [-0.25, -0.2) is 15.0 Å². The van der Waals surface area contributed by atoms with Crippen LogP contribution in [0, 0.1) is 12.8 Å². The number of alkyl halides is 2. The maximum atomic E-state index is 13.0. The van der Waals surface area contributed by atoms with Crippen LogP contribution in [0.4, 0.5) is 14.7 Å². The number of benzene rings is 1. The van der Waals surface area contributed by atoms with Crippen molar-refractivity contribution in [3.05, 3.63) is 66.0 Å². The maximum Gasteiger partial charge on any atom is 0.387 e. The standard InChI is InChI=1S/C26H26F2N6O3.CH2O2/c1-15(19-5-3-4-6-21(19)37-25(27)28)23-16(2)32-22-13-29-20(14-34(22)23)18-11-30-26(31-12-18)33-9-7-17(8-10-33)24(35)36;2-1-3/h3-6,11-15,17,25H,7-10H2,1-2H3,(H,35,36);1H,(H,2,3). The number of halogens is 2. The fourth-order valence-electron chi connectivity index (χ4n) is 4.89. The van der Waals surface area contributed by atoms with Crippen molar-refractivity contribution in [1.82, 2.24) is 24.3 Å². The predicted octanol–water partition coefficient (Wildman–Crippen LogP) is 4.25. The fraction of sp³-hybridized carbons (Fsp3) is 0.333. The summed E-state index contributed by atoms with van der Waals surface area (Å²) in [6, 6.07) is 6.76. The van der Waals surface area contributed by atoms with Gasteiger partial charge >= 0.3 is 12.6 Å². The molecule has 4 aromatic rings. The molecule has 0 spiro atoms. The smallest absolute Gasteiger partial charge is 0.387 e. The van der Waals surface area contributed by atoms with Gasteiger partial charge in [0, 0.05) is 48.7 Å². The van der Waals surface area contributed by atoms with E-state index < -0.39 is 12.6 Å². The van der Waals surface area contributed by atoms with Crippen molar-refractivity contribution in [2.45, 2.75) is 39.2 Å². The monoisotopic (exact) mass is 554 g/mol. The van der Waals surface area contributed by atoms with Gasteiger partial charge in [-0.2, -0.15) is 8.78 Å². The molecule has 0 radical (unpaired) electrons. The van der Waals surface area contributed by atoms with Crippen LogP contribution in [-0.2, 0) is 9.59 Å². The largest absolute Gasteiger partial charge is 0.483 e. The van der Waals surface area contributed by atoms with E-state index in [1.807, 2.05) is 29.3 Å². The van der Waals surface area contributed by atoms with E-state index in [9.17, 15) is 18.7 Å². The lowest BCUT2D eigenvalue weighted by Crippen LogP contribution is -2.37. The first kappa shape index (κ1) is 28.3. The molecule has 3 aromatic heterocycles. The number of aromatic nitrogens is 5. The Kier molecular flexibility index (Phi) is 8.82. The Bertz CT molecular complexity index is 1470. The van der Waals surface area contributed by atoms with Gasteiger partial charge in [-0.1, -0.05) is 25.1 Å². The molecule has 210 valence electrons. The van der Waals surface area contributed by atoms with E-state index in [0.29, 0.717) is 54.3 Å². The Morgan fingerprint density at radius 1 is 1.12 bits per heavy atom. The molecule has 2 N–H and O–H groups in total. The minimum absolute atomic E-state index is 0.130. The number of hydrogen-bond acceptors (Lipinski definition) is 8. The zero-order valence-electron chi connectivity index (χ0n) is 21.8. The highest BCUT2D eigenvalue weighted by Crippen LogP contribution is 2.34. The fourth-order valence-corrected chi connectivity index (χ4v) is 4.89. The lowest BCUT2D eigenvalue weighted by Gasteiger charge is -2.29. The first-order valence-electron chi connectivity index (χ1n) is 12.5. The normalized spacial score (nSPS) is 14.5. The minimum Gasteiger partial charge on any atom is -0.483 e. The van der Waals surface area contributed by atoms with Crippen molar-refractivity contribution in [2.75, 3.05) is 18.0 Å². The van der Waals surface area contributed by atoms with Crippen LogP contribution in [-0.4, -0.2) is 66.7 Å². The van der Waals surface area contributed by atoms with Crippen LogP contribution >= 0.6 is 0 Å². The Balaban J connectivity index is 0.00000118. The Labute approximate surface area is 228 Å². The van der Waals surface area contributed by atoms with Crippen LogP contribution in [0.1, 0.15) is 42.6 Å². The van der Waals surface area contributed by atoms with E-state index in [1.165, 1.54) is 6.07 Å². The average Bonchev–Trinajstić information content (AvgIpc) is 3.28. The highest BCUT2D eigenvalue weighted by atomic mass is 19.3. The van der Waals surface area contributed by atoms with Crippen LogP contribution in [0.25, 0.3) is 16.9 Å². The van der Waals surface area contributed by atoms with Gasteiger partial charge in [-0.05, 0) is 25.8 Å². The number of ether oxygens (including phenoxy) is 1. The van der Waals surface area contributed by atoms with Gasteiger partial charge < -0.3 is 19.8 Å². The molecule has 11 nitrogen and oxygen atoms in total. The molecule has 1 saturated heterocycles. The van der Waals surface area contributed by atoms with Crippen molar-refractivity contribution in [1.29, 1.82) is 0 Å². The first-order chi connectivity index (χ1) is 19.2. The number of hydrogen-bond donors (Lipinski definition) is 2. The number of para-hydroxylation sites is 1. The van der Waals surface area contributed by atoms with Crippen LogP contribution in [0.5, 0.6) is 5.75 Å². The molecular weight excluding hydrogens is 526 g/mol. The molecule has 1 fully saturated rings. The maximum absolute atomic E-state index is 13.0. The van der Waals surface area contributed by atoms with Gasteiger partial charge in [-0.3, -0.25) is 19.0 Å². The molecule has 1 unspecified atom stereocenters. The zero-order chi connectivity index (χ0) is 28.8. The number of imidazole rings is 1. The minimum atomic E-state index is -2.92. The second kappa shape index (κ2) is 12.5. The second-order valence-electron chi connectivity index (χ2n) is 9.20. The summed E-state index contributed by atoms with van der Waals surface area (Å²) in [5.74, 6) is -0.684. The second-order valence-corrected chi connectivity index (χ2v) is 9.20. The summed E-state index contributed by atoms with van der Waals surface area (Å²) in [6.45, 7) is 1.81. The summed E-state index contributed by atoms with van der Waals surface area (Å²) in [7, 11) is 0. The number of nitrogens with zero attached hydrogens (tertiary/aromatic N) is 6. The molecule has 1 aliphatic heterocycles. The molecular formula is C27H28F2N6O5. The number of fused-ring (bicyclic) bond motifs is 1. The molecule has 0 amide bonds. The third-order valence-electron chi connectivity index (χ3n) is 6.80. The molecule has 5 rings (SSSR count). The van der Waals surface area contributed by atoms with Crippen molar-refractivity contribution >= 4 is 24.0 Å². The van der Waals surface area contributed by atoms with Crippen LogP contribution < -0.4 is 9.64 Å². The number of aliphatic carboxylic acids is 1. The van der Waals surface area contributed by atoms with Crippen molar-refractivity contribution < 1.29 is 33.3 Å². The quantitative estimate of drug-likeness (QED) is 0.318. The van der Waals surface area contributed by atoms with E-state index >= 15 is 0 Å². The molecule has 0 saturated carbocycles. The van der Waals surface area contributed by atoms with Crippen molar-refractivity contribution in [3.63, 3.8) is 0 Å². The van der Waals surface area contributed by atoms with Gasteiger partial charge in [-0.15, -0.1) is 0 Å². The number of carboxylic acid groups (broad SMARTS) is 2. The number of carboxylic acids is 1. The summed E-state index contributed by atoms with van der Waals surface area (Å²) >= 11 is 0. The summed E-state index contributed by atoms with van der Waals surface area (Å²) < 4.78 is 32.7. The van der Waals surface area contributed by atoms with Gasteiger partial charge in [0.1, 0.15) is 5.75 Å². The van der Waals surface area contributed by atoms with E-state index in [0.717, 1.165) is 11.4 Å². The molecule has 4 heterocycles. The van der Waals surface area contributed by atoms with Crippen LogP contribution in [0.3, 0.4) is 0 Å². The summed E-state index contributed by atoms with van der Waals surface area (Å²) in [4.78, 5) is 39.7. The lowest BCUT2D eigenvalue weighted by molar-refractivity contribution is -0.142. The number of aryl methyl sites for hydroxylation is 1. The van der Waals surface area contributed by atoms with Crippen LogP contribution in [0.2, 0.25) is 0 Å². The Morgan fingerprint density at radius 2 is 1.77 bits per heavy atom. The number of carbonyl (C=O) groups is 2. The predicted molar refractivity (Wildman–Crippen MR) is 141 cm³/mol. The molecule has 40 heavy (non-hydrogen) atoms. The van der Waals surface area contributed by atoms with Gasteiger partial charge in [0.2, 0.25) is 5.95 Å². The van der Waals surface area contributed by atoms with Crippen molar-refractivity contribution in [2.24, 2.45) is 5.92 Å². The topological polar surface area (TPSA) is 143 Å². The summed E-state index contributed by atoms with van der Waals surface area (Å²) in [6.07, 6.45) is 8.01. The number of rotatable bonds is 7. The van der Waals surface area contributed by atoms with E-state index in [2.05, 4.69) is 19.9 Å². The SMILES string of the molecule is Cc1nc2cnc(-c3cnc(N4CCC(C(=O)O)CC4)nc3)cn2c1C(C)c1ccccc1OC(F)F.O=CO. The molecule has 13 heteroatoms. The highest BCUT2D eigenvalue weighted by molar-refractivity contribution is 5.70. The highest BCUT2D eigenvalue weighted by Gasteiger charge is 2.26. The lowest BCUT2D eigenvalue weighted by atomic mass is 9.95. The van der Waals surface area contributed by atoms with E-state index in [1.54, 1.807) is 36.8 Å². The van der Waals surface area contributed by atoms with E-state index in [-0.39, 0.29) is 24.1 Å². The van der Waals surface area contributed by atoms with E-state index in [4.69, 9.17) is 14.6 Å². The Morgan fingerprint density at radius 3 is 2.40 bits per heavy atom. The molecule has 1 aromatic carbocycles. The van der Waals surface area contributed by atoms with Gasteiger partial charge in [0.15, 0.2) is 5.65 Å². The number of anilines is 1. The third kappa shape index (κ3) is 6.14. The Hall–Kier alpha value is -4.68. The molecule has 1 aliphatic rings. The average molecular weight is 555 g/mol. The van der Waals surface area contributed by atoms with Crippen molar-refractivity contribution in [3.8, 4) is 17.0 Å². The molecule has 1 atom stereocenters. The molecule has 0 bridgehead atoms. The first-order valence-corrected chi connectivity index (χ1v) is 12.5. The third-order valence-corrected chi connectivity index (χ3v) is 6.80. The van der Waals surface area contributed by atoms with Gasteiger partial charge in [0.05, 0.1) is 29.2 Å². The summed E-state index contributed by atoms with van der Waals surface area (Å²) in [5.41, 5.74) is 4.20. The van der Waals surface area contributed by atoms with Gasteiger partial charge in [0.25, 0.3) is 6.47 Å². The van der Waals surface area contributed by atoms with Crippen LogP contribution in [0.15, 0.2) is 49.1 Å². The number of piperidine rings is 1.